The number of H-pyrrole nitrogens is 1. The fourth-order valence-electron chi connectivity index (χ4n) is 2.72. The number of hydrogen-bond acceptors (Lipinski definition) is 4. The lowest BCUT2D eigenvalue weighted by Gasteiger charge is -2.16. The zero-order valence-corrected chi connectivity index (χ0v) is 11.6. The van der Waals surface area contributed by atoms with Gasteiger partial charge in [0.2, 0.25) is 5.95 Å². The third-order valence-corrected chi connectivity index (χ3v) is 3.77. The minimum Gasteiger partial charge on any atom is -0.488 e. The predicted molar refractivity (Wildman–Crippen MR) is 81.6 cm³/mol. The molecule has 1 N–H and O–H groups in total. The van der Waals surface area contributed by atoms with Gasteiger partial charge in [-0.15, -0.1) is 0 Å². The maximum atomic E-state index is 5.98. The van der Waals surface area contributed by atoms with Crippen LogP contribution in [0, 0.1) is 0 Å². The van der Waals surface area contributed by atoms with Crippen molar-refractivity contribution in [1.82, 2.24) is 15.0 Å². The van der Waals surface area contributed by atoms with Gasteiger partial charge >= 0.3 is 0 Å². The van der Waals surface area contributed by atoms with Gasteiger partial charge < -0.3 is 14.6 Å². The van der Waals surface area contributed by atoms with Gasteiger partial charge in [-0.1, -0.05) is 12.1 Å². The largest absolute Gasteiger partial charge is 0.488 e. The number of benzene rings is 1. The Kier molecular flexibility index (Phi) is 2.96. The fourth-order valence-corrected chi connectivity index (χ4v) is 2.72. The summed E-state index contributed by atoms with van der Waals surface area (Å²) >= 11 is 0. The highest BCUT2D eigenvalue weighted by atomic mass is 16.5. The smallest absolute Gasteiger partial charge is 0.203 e. The van der Waals surface area contributed by atoms with Crippen LogP contribution in [0.4, 0.5) is 5.95 Å². The lowest BCUT2D eigenvalue weighted by molar-refractivity contribution is 0.224. The van der Waals surface area contributed by atoms with Crippen molar-refractivity contribution in [3.8, 4) is 5.75 Å². The third-order valence-electron chi connectivity index (χ3n) is 3.77. The Bertz CT molecular complexity index is 707. The van der Waals surface area contributed by atoms with Crippen molar-refractivity contribution in [2.75, 3.05) is 18.0 Å². The first kappa shape index (κ1) is 12.2. The summed E-state index contributed by atoms with van der Waals surface area (Å²) in [5, 5.41) is 0. The Morgan fingerprint density at radius 1 is 1.14 bits per heavy atom. The highest BCUT2D eigenvalue weighted by molar-refractivity contribution is 5.77. The molecule has 1 aliphatic rings. The van der Waals surface area contributed by atoms with Crippen LogP contribution >= 0.6 is 0 Å². The molecular formula is C16H16N4O. The molecule has 0 saturated carbocycles. The van der Waals surface area contributed by atoms with Gasteiger partial charge in [0.15, 0.2) is 0 Å². The number of aromatic nitrogens is 3. The van der Waals surface area contributed by atoms with Crippen LogP contribution in [0.2, 0.25) is 0 Å². The number of fused-ring (bicyclic) bond motifs is 1. The predicted octanol–water partition coefficient (Wildman–Crippen LogP) is 2.62. The second-order valence-electron chi connectivity index (χ2n) is 5.24. The zero-order chi connectivity index (χ0) is 14.1. The number of ether oxygens (including phenoxy) is 1. The monoisotopic (exact) mass is 280 g/mol. The molecule has 1 aromatic carbocycles. The molecule has 1 atom stereocenters. The van der Waals surface area contributed by atoms with E-state index in [0.29, 0.717) is 0 Å². The summed E-state index contributed by atoms with van der Waals surface area (Å²) in [4.78, 5) is 14.3. The SMILES string of the molecule is c1ccc2[nH]c(N3CCC(Oc4ccncc4)C3)nc2c1. The molecule has 4 rings (SSSR count). The van der Waals surface area contributed by atoms with E-state index in [9.17, 15) is 0 Å². The molecule has 2 aromatic heterocycles. The fraction of sp³-hybridized carbons (Fsp3) is 0.250. The van der Waals surface area contributed by atoms with Crippen molar-refractivity contribution >= 4 is 17.0 Å². The molecule has 1 unspecified atom stereocenters. The maximum Gasteiger partial charge on any atom is 0.203 e. The minimum absolute atomic E-state index is 0.195. The second-order valence-corrected chi connectivity index (χ2v) is 5.24. The summed E-state index contributed by atoms with van der Waals surface area (Å²) in [6, 6.07) is 11.9. The maximum absolute atomic E-state index is 5.98. The molecule has 21 heavy (non-hydrogen) atoms. The molecule has 0 spiro atoms. The average molecular weight is 280 g/mol. The van der Waals surface area contributed by atoms with Crippen LogP contribution in [0.15, 0.2) is 48.8 Å². The number of rotatable bonds is 3. The number of aromatic amines is 1. The van der Waals surface area contributed by atoms with Gasteiger partial charge in [0.1, 0.15) is 11.9 Å². The summed E-state index contributed by atoms with van der Waals surface area (Å²) < 4.78 is 5.98. The van der Waals surface area contributed by atoms with E-state index in [-0.39, 0.29) is 6.10 Å². The summed E-state index contributed by atoms with van der Waals surface area (Å²) in [5.74, 6) is 1.80. The number of hydrogen-bond donors (Lipinski definition) is 1. The van der Waals surface area contributed by atoms with E-state index in [0.717, 1.165) is 42.2 Å². The number of anilines is 1. The van der Waals surface area contributed by atoms with Gasteiger partial charge in [0.25, 0.3) is 0 Å². The van der Waals surface area contributed by atoms with E-state index in [2.05, 4.69) is 19.9 Å². The van der Waals surface area contributed by atoms with E-state index in [1.54, 1.807) is 12.4 Å². The number of pyridine rings is 1. The molecule has 1 aliphatic heterocycles. The Balaban J connectivity index is 1.48. The second kappa shape index (κ2) is 5.09. The van der Waals surface area contributed by atoms with E-state index in [1.165, 1.54) is 0 Å². The molecule has 1 saturated heterocycles. The van der Waals surface area contributed by atoms with Gasteiger partial charge in [-0.25, -0.2) is 4.98 Å². The standard InChI is InChI=1S/C16H16N4O/c1-2-4-15-14(3-1)18-16(19-15)20-10-7-13(11-20)21-12-5-8-17-9-6-12/h1-6,8-9,13H,7,10-11H2,(H,18,19). The molecular weight excluding hydrogens is 264 g/mol. The van der Waals surface area contributed by atoms with Crippen molar-refractivity contribution < 1.29 is 4.74 Å². The van der Waals surface area contributed by atoms with E-state index < -0.39 is 0 Å². The van der Waals surface area contributed by atoms with Crippen LogP contribution in [0.5, 0.6) is 5.75 Å². The van der Waals surface area contributed by atoms with Gasteiger partial charge in [-0.2, -0.15) is 0 Å². The minimum atomic E-state index is 0.195. The Morgan fingerprint density at radius 3 is 2.86 bits per heavy atom. The van der Waals surface area contributed by atoms with Crippen molar-refractivity contribution in [3.05, 3.63) is 48.8 Å². The number of para-hydroxylation sites is 2. The molecule has 5 nitrogen and oxygen atoms in total. The van der Waals surface area contributed by atoms with Crippen LogP contribution in [-0.2, 0) is 0 Å². The quantitative estimate of drug-likeness (QED) is 0.801. The van der Waals surface area contributed by atoms with Crippen LogP contribution < -0.4 is 9.64 Å². The van der Waals surface area contributed by atoms with Crippen molar-refractivity contribution in [2.24, 2.45) is 0 Å². The summed E-state index contributed by atoms with van der Waals surface area (Å²) in [5.41, 5.74) is 2.08. The normalized spacial score (nSPS) is 18.3. The molecule has 5 heteroatoms. The lowest BCUT2D eigenvalue weighted by atomic mass is 10.3. The van der Waals surface area contributed by atoms with Crippen LogP contribution in [0.3, 0.4) is 0 Å². The first-order valence-electron chi connectivity index (χ1n) is 7.15. The van der Waals surface area contributed by atoms with Gasteiger partial charge in [-0.05, 0) is 24.3 Å². The number of nitrogens with zero attached hydrogens (tertiary/aromatic N) is 3. The lowest BCUT2D eigenvalue weighted by Crippen LogP contribution is -2.25. The Morgan fingerprint density at radius 2 is 2.00 bits per heavy atom. The van der Waals surface area contributed by atoms with Crippen LogP contribution in [-0.4, -0.2) is 34.1 Å². The molecule has 3 heterocycles. The van der Waals surface area contributed by atoms with Crippen molar-refractivity contribution in [2.45, 2.75) is 12.5 Å². The molecule has 0 radical (unpaired) electrons. The third kappa shape index (κ3) is 2.42. The van der Waals surface area contributed by atoms with E-state index in [4.69, 9.17) is 4.74 Å². The first-order chi connectivity index (χ1) is 10.4. The Labute approximate surface area is 122 Å². The first-order valence-corrected chi connectivity index (χ1v) is 7.15. The summed E-state index contributed by atoms with van der Waals surface area (Å²) in [6.07, 6.45) is 4.70. The average Bonchev–Trinajstić information content (AvgIpc) is 3.14. The van der Waals surface area contributed by atoms with Gasteiger partial charge in [-0.3, -0.25) is 4.98 Å². The van der Waals surface area contributed by atoms with Crippen molar-refractivity contribution in [3.63, 3.8) is 0 Å². The topological polar surface area (TPSA) is 54.0 Å². The van der Waals surface area contributed by atoms with Gasteiger partial charge in [0, 0.05) is 25.4 Å². The highest BCUT2D eigenvalue weighted by Crippen LogP contribution is 2.23. The number of nitrogens with one attached hydrogen (secondary N) is 1. The molecule has 3 aromatic rings. The molecule has 0 aliphatic carbocycles. The van der Waals surface area contributed by atoms with E-state index >= 15 is 0 Å². The highest BCUT2D eigenvalue weighted by Gasteiger charge is 2.26. The molecule has 0 amide bonds. The Hall–Kier alpha value is -2.56. The zero-order valence-electron chi connectivity index (χ0n) is 11.6. The molecule has 1 fully saturated rings. The van der Waals surface area contributed by atoms with Gasteiger partial charge in [0.05, 0.1) is 17.6 Å². The van der Waals surface area contributed by atoms with Crippen LogP contribution in [0.1, 0.15) is 6.42 Å². The molecule has 0 bridgehead atoms. The summed E-state index contributed by atoms with van der Waals surface area (Å²) in [6.45, 7) is 1.80. The molecule has 106 valence electrons. The van der Waals surface area contributed by atoms with Crippen molar-refractivity contribution in [1.29, 1.82) is 0 Å². The summed E-state index contributed by atoms with van der Waals surface area (Å²) in [7, 11) is 0. The van der Waals surface area contributed by atoms with E-state index in [1.807, 2.05) is 36.4 Å². The number of imidazole rings is 1. The van der Waals surface area contributed by atoms with Crippen LogP contribution in [0.25, 0.3) is 11.0 Å².